The lowest BCUT2D eigenvalue weighted by Gasteiger charge is -2.25. The Kier molecular flexibility index (Phi) is 3.13. The van der Waals surface area contributed by atoms with Crippen molar-refractivity contribution in [2.75, 3.05) is 13.2 Å². The molecule has 1 aliphatic heterocycles. The van der Waals surface area contributed by atoms with Crippen molar-refractivity contribution in [3.63, 3.8) is 0 Å². The summed E-state index contributed by atoms with van der Waals surface area (Å²) in [6.45, 7) is 5.21. The van der Waals surface area contributed by atoms with Gasteiger partial charge in [0, 0.05) is 5.54 Å². The van der Waals surface area contributed by atoms with Crippen LogP contribution in [0, 0.1) is 0 Å². The van der Waals surface area contributed by atoms with Crippen molar-refractivity contribution in [2.24, 2.45) is 5.73 Å². The van der Waals surface area contributed by atoms with Crippen LogP contribution in [0.5, 0.6) is 11.5 Å². The molecule has 88 valence electrons. The van der Waals surface area contributed by atoms with Gasteiger partial charge in [0.1, 0.15) is 13.2 Å². The van der Waals surface area contributed by atoms with Gasteiger partial charge in [-0.3, -0.25) is 0 Å². The summed E-state index contributed by atoms with van der Waals surface area (Å²) in [6, 6.07) is 4.01. The van der Waals surface area contributed by atoms with Gasteiger partial charge in [-0.1, -0.05) is 6.07 Å². The van der Waals surface area contributed by atoms with Crippen molar-refractivity contribution in [3.05, 3.63) is 22.2 Å². The summed E-state index contributed by atoms with van der Waals surface area (Å²) in [7, 11) is 0. The molecule has 0 saturated heterocycles. The van der Waals surface area contributed by atoms with E-state index in [9.17, 15) is 0 Å². The molecular formula is C12H16BrNO2. The first-order valence-corrected chi connectivity index (χ1v) is 6.12. The smallest absolute Gasteiger partial charge is 0.175 e. The molecular weight excluding hydrogens is 270 g/mol. The van der Waals surface area contributed by atoms with Gasteiger partial charge in [0.05, 0.1) is 4.47 Å². The van der Waals surface area contributed by atoms with Crippen molar-refractivity contribution in [2.45, 2.75) is 25.8 Å². The van der Waals surface area contributed by atoms with E-state index in [1.165, 1.54) is 0 Å². The number of hydrogen-bond donors (Lipinski definition) is 1. The molecule has 0 aromatic heterocycles. The Bertz CT molecular complexity index is 399. The first-order valence-electron chi connectivity index (χ1n) is 5.33. The third-order valence-electron chi connectivity index (χ3n) is 2.37. The molecule has 0 amide bonds. The highest BCUT2D eigenvalue weighted by Crippen LogP contribution is 2.41. The third-order valence-corrected chi connectivity index (χ3v) is 2.99. The Morgan fingerprint density at radius 3 is 2.50 bits per heavy atom. The second-order valence-electron chi connectivity index (χ2n) is 4.73. The van der Waals surface area contributed by atoms with Crippen LogP contribution in [-0.4, -0.2) is 18.8 Å². The van der Waals surface area contributed by atoms with Crippen LogP contribution < -0.4 is 15.2 Å². The van der Waals surface area contributed by atoms with E-state index in [1.807, 2.05) is 26.0 Å². The van der Waals surface area contributed by atoms with Crippen LogP contribution in [-0.2, 0) is 6.42 Å². The van der Waals surface area contributed by atoms with E-state index in [1.54, 1.807) is 0 Å². The summed E-state index contributed by atoms with van der Waals surface area (Å²) >= 11 is 3.46. The number of fused-ring (bicyclic) bond motifs is 1. The molecule has 0 fully saturated rings. The van der Waals surface area contributed by atoms with E-state index >= 15 is 0 Å². The predicted molar refractivity (Wildman–Crippen MR) is 67.1 cm³/mol. The van der Waals surface area contributed by atoms with Gasteiger partial charge in [0.15, 0.2) is 11.5 Å². The number of rotatable bonds is 2. The van der Waals surface area contributed by atoms with Crippen LogP contribution in [0.25, 0.3) is 0 Å². The summed E-state index contributed by atoms with van der Waals surface area (Å²) in [5, 5.41) is 0. The second-order valence-corrected chi connectivity index (χ2v) is 5.58. The van der Waals surface area contributed by atoms with Gasteiger partial charge in [-0.2, -0.15) is 0 Å². The molecule has 3 nitrogen and oxygen atoms in total. The minimum Gasteiger partial charge on any atom is -0.486 e. The molecule has 0 radical (unpaired) electrons. The van der Waals surface area contributed by atoms with Gasteiger partial charge in [-0.25, -0.2) is 0 Å². The zero-order chi connectivity index (χ0) is 11.8. The minimum absolute atomic E-state index is 0.248. The topological polar surface area (TPSA) is 44.5 Å². The van der Waals surface area contributed by atoms with E-state index in [0.717, 1.165) is 28.0 Å². The number of benzene rings is 1. The standard InChI is InChI=1S/C12H16BrNO2/c1-12(2,14)7-8-3-4-9(13)11-10(8)15-5-6-16-11/h3-4H,5-7,14H2,1-2H3. The van der Waals surface area contributed by atoms with Gasteiger partial charge in [-0.15, -0.1) is 0 Å². The first-order chi connectivity index (χ1) is 7.47. The summed E-state index contributed by atoms with van der Waals surface area (Å²) in [5.74, 6) is 1.63. The molecule has 0 saturated carbocycles. The molecule has 0 spiro atoms. The molecule has 2 rings (SSSR count). The van der Waals surface area contributed by atoms with Crippen LogP contribution in [0.15, 0.2) is 16.6 Å². The van der Waals surface area contributed by atoms with Crippen LogP contribution in [0.2, 0.25) is 0 Å². The van der Waals surface area contributed by atoms with Crippen LogP contribution in [0.4, 0.5) is 0 Å². The highest BCUT2D eigenvalue weighted by atomic mass is 79.9. The predicted octanol–water partition coefficient (Wildman–Crippen LogP) is 2.50. The van der Waals surface area contributed by atoms with E-state index < -0.39 is 0 Å². The third kappa shape index (κ3) is 2.50. The normalized spacial score (nSPS) is 15.0. The average Bonchev–Trinajstić information content (AvgIpc) is 2.21. The summed E-state index contributed by atoms with van der Waals surface area (Å²) in [4.78, 5) is 0. The lowest BCUT2D eigenvalue weighted by atomic mass is 9.95. The van der Waals surface area contributed by atoms with Crippen LogP contribution in [0.3, 0.4) is 0 Å². The SMILES string of the molecule is CC(C)(N)Cc1ccc(Br)c2c1OCCO2. The molecule has 4 heteroatoms. The fourth-order valence-electron chi connectivity index (χ4n) is 1.79. The number of halogens is 1. The molecule has 1 aliphatic rings. The van der Waals surface area contributed by atoms with Crippen LogP contribution in [0.1, 0.15) is 19.4 Å². The molecule has 1 aromatic carbocycles. The first kappa shape index (κ1) is 11.7. The minimum atomic E-state index is -0.248. The van der Waals surface area contributed by atoms with Gasteiger partial charge < -0.3 is 15.2 Å². The molecule has 0 aliphatic carbocycles. The number of nitrogens with two attached hydrogens (primary N) is 1. The lowest BCUT2D eigenvalue weighted by Crippen LogP contribution is -2.34. The van der Waals surface area contributed by atoms with Gasteiger partial charge in [0.25, 0.3) is 0 Å². The molecule has 0 atom stereocenters. The maximum atomic E-state index is 6.03. The Morgan fingerprint density at radius 2 is 1.88 bits per heavy atom. The Labute approximate surface area is 104 Å². The van der Waals surface area contributed by atoms with Gasteiger partial charge in [-0.05, 0) is 47.8 Å². The fraction of sp³-hybridized carbons (Fsp3) is 0.500. The summed E-state index contributed by atoms with van der Waals surface area (Å²) < 4.78 is 12.2. The van der Waals surface area contributed by atoms with Crippen molar-refractivity contribution < 1.29 is 9.47 Å². The second kappa shape index (κ2) is 4.26. The molecule has 2 N–H and O–H groups in total. The maximum Gasteiger partial charge on any atom is 0.175 e. The lowest BCUT2D eigenvalue weighted by molar-refractivity contribution is 0.168. The van der Waals surface area contributed by atoms with Crippen molar-refractivity contribution in [3.8, 4) is 11.5 Å². The van der Waals surface area contributed by atoms with E-state index in [2.05, 4.69) is 15.9 Å². The van der Waals surface area contributed by atoms with Crippen LogP contribution >= 0.6 is 15.9 Å². The van der Waals surface area contributed by atoms with Crippen molar-refractivity contribution in [1.29, 1.82) is 0 Å². The average molecular weight is 286 g/mol. The Hall–Kier alpha value is -0.740. The van der Waals surface area contributed by atoms with Crippen molar-refractivity contribution in [1.82, 2.24) is 0 Å². The zero-order valence-corrected chi connectivity index (χ0v) is 11.1. The van der Waals surface area contributed by atoms with Crippen molar-refractivity contribution >= 4 is 15.9 Å². The summed E-state index contributed by atoms with van der Waals surface area (Å²) in [6.07, 6.45) is 0.770. The largest absolute Gasteiger partial charge is 0.486 e. The quantitative estimate of drug-likeness (QED) is 0.908. The maximum absolute atomic E-state index is 6.03. The Balaban J connectivity index is 2.39. The van der Waals surface area contributed by atoms with E-state index in [4.69, 9.17) is 15.2 Å². The highest BCUT2D eigenvalue weighted by Gasteiger charge is 2.22. The summed E-state index contributed by atoms with van der Waals surface area (Å²) in [5.41, 5.74) is 6.89. The van der Waals surface area contributed by atoms with E-state index in [0.29, 0.717) is 13.2 Å². The molecule has 0 bridgehead atoms. The highest BCUT2D eigenvalue weighted by molar-refractivity contribution is 9.10. The zero-order valence-electron chi connectivity index (χ0n) is 9.55. The fourth-order valence-corrected chi connectivity index (χ4v) is 2.22. The number of ether oxygens (including phenoxy) is 2. The molecule has 1 heterocycles. The Morgan fingerprint density at radius 1 is 1.25 bits per heavy atom. The molecule has 16 heavy (non-hydrogen) atoms. The van der Waals surface area contributed by atoms with E-state index in [-0.39, 0.29) is 5.54 Å². The van der Waals surface area contributed by atoms with Gasteiger partial charge in [0.2, 0.25) is 0 Å². The molecule has 1 aromatic rings. The molecule has 0 unspecified atom stereocenters. The monoisotopic (exact) mass is 285 g/mol. The van der Waals surface area contributed by atoms with Gasteiger partial charge >= 0.3 is 0 Å². The number of hydrogen-bond acceptors (Lipinski definition) is 3.